The van der Waals surface area contributed by atoms with Crippen molar-refractivity contribution in [1.82, 2.24) is 5.32 Å². The van der Waals surface area contributed by atoms with Crippen molar-refractivity contribution in [1.29, 1.82) is 0 Å². The Balaban J connectivity index is 0. The quantitative estimate of drug-likeness (QED) is 0.254. The standard InChI is InChI=1S/C15H28N4O4.2H2O/c1-4-8(5-2)12(18-7(3)20)11-10(19-15(16)17)6-9(13(11)21)14(22)23;;/h8-13,21H,4-6H2,1-3H3,(H,18,20)(H,22,23)(H4,16,17,19);2*1H2/t9-,10+,11-,12-,13+;;/m0../s1. The zero-order chi connectivity index (χ0) is 17.7. The highest BCUT2D eigenvalue weighted by Gasteiger charge is 2.50. The van der Waals surface area contributed by atoms with Gasteiger partial charge in [-0.25, -0.2) is 4.99 Å². The number of hydrogen-bond acceptors (Lipinski definition) is 4. The summed E-state index contributed by atoms with van der Waals surface area (Å²) >= 11 is 0. The first-order chi connectivity index (χ1) is 10.7. The molecule has 10 nitrogen and oxygen atoms in total. The molecular weight excluding hydrogens is 332 g/mol. The summed E-state index contributed by atoms with van der Waals surface area (Å²) < 4.78 is 0. The first-order valence-electron chi connectivity index (χ1n) is 7.99. The van der Waals surface area contributed by atoms with Crippen LogP contribution in [0, 0.1) is 17.8 Å². The number of amides is 1. The number of nitrogens with two attached hydrogens (primary N) is 2. The molecule has 0 aliphatic heterocycles. The van der Waals surface area contributed by atoms with Crippen molar-refractivity contribution >= 4 is 17.8 Å². The van der Waals surface area contributed by atoms with Crippen LogP contribution in [-0.4, -0.2) is 57.2 Å². The minimum absolute atomic E-state index is 0. The summed E-state index contributed by atoms with van der Waals surface area (Å²) in [5.74, 6) is -2.84. The van der Waals surface area contributed by atoms with E-state index >= 15 is 0 Å². The van der Waals surface area contributed by atoms with Crippen LogP contribution in [0.5, 0.6) is 0 Å². The van der Waals surface area contributed by atoms with Crippen LogP contribution in [0.25, 0.3) is 0 Å². The van der Waals surface area contributed by atoms with Crippen LogP contribution in [0.4, 0.5) is 0 Å². The first kappa shape index (κ1) is 25.3. The molecule has 148 valence electrons. The lowest BCUT2D eigenvalue weighted by Crippen LogP contribution is -2.51. The van der Waals surface area contributed by atoms with Crippen LogP contribution < -0.4 is 16.8 Å². The normalized spacial score (nSPS) is 26.1. The summed E-state index contributed by atoms with van der Waals surface area (Å²) in [7, 11) is 0. The van der Waals surface area contributed by atoms with E-state index in [9.17, 15) is 19.8 Å². The van der Waals surface area contributed by atoms with Gasteiger partial charge >= 0.3 is 5.97 Å². The molecule has 1 amide bonds. The van der Waals surface area contributed by atoms with E-state index in [2.05, 4.69) is 10.3 Å². The number of aliphatic hydroxyl groups excluding tert-OH is 1. The number of carbonyl (C=O) groups is 2. The van der Waals surface area contributed by atoms with Gasteiger partial charge in [0.05, 0.1) is 18.1 Å². The number of guanidine groups is 1. The predicted octanol–water partition coefficient (Wildman–Crippen LogP) is -2.00. The Morgan fingerprint density at radius 2 is 1.76 bits per heavy atom. The maximum absolute atomic E-state index is 11.6. The monoisotopic (exact) mass is 364 g/mol. The number of carbonyl (C=O) groups excluding carboxylic acids is 1. The molecule has 1 rings (SSSR count). The number of nitrogens with zero attached hydrogens (tertiary/aromatic N) is 1. The highest BCUT2D eigenvalue weighted by Crippen LogP contribution is 2.39. The van der Waals surface area contributed by atoms with Crippen molar-refractivity contribution in [2.75, 3.05) is 0 Å². The smallest absolute Gasteiger partial charge is 0.309 e. The molecule has 0 aromatic carbocycles. The van der Waals surface area contributed by atoms with E-state index < -0.39 is 30.0 Å². The summed E-state index contributed by atoms with van der Waals surface area (Å²) in [4.78, 5) is 27.1. The average Bonchev–Trinajstić information content (AvgIpc) is 2.74. The van der Waals surface area contributed by atoms with E-state index in [1.165, 1.54) is 6.92 Å². The molecule has 10 heteroatoms. The second-order valence-corrected chi connectivity index (χ2v) is 6.17. The molecule has 1 aliphatic rings. The van der Waals surface area contributed by atoms with Gasteiger partial charge in [-0.2, -0.15) is 0 Å². The van der Waals surface area contributed by atoms with Crippen molar-refractivity contribution in [2.24, 2.45) is 34.2 Å². The summed E-state index contributed by atoms with van der Waals surface area (Å²) in [6.07, 6.45) is 0.612. The lowest BCUT2D eigenvalue weighted by Gasteiger charge is -2.35. The van der Waals surface area contributed by atoms with Gasteiger partial charge in [-0.05, 0) is 12.3 Å². The van der Waals surface area contributed by atoms with Gasteiger partial charge < -0.3 is 37.9 Å². The molecule has 1 aliphatic carbocycles. The Hall–Kier alpha value is -1.91. The molecule has 0 unspecified atom stereocenters. The second kappa shape index (κ2) is 10.9. The maximum Gasteiger partial charge on any atom is 0.309 e. The molecule has 1 fully saturated rings. The third kappa shape index (κ3) is 6.15. The zero-order valence-electron chi connectivity index (χ0n) is 14.9. The minimum Gasteiger partial charge on any atom is -0.481 e. The topological polar surface area (TPSA) is 214 Å². The summed E-state index contributed by atoms with van der Waals surface area (Å²) in [6, 6.07) is -0.913. The van der Waals surface area contributed by atoms with Gasteiger partial charge in [0.15, 0.2) is 5.96 Å². The molecule has 5 atom stereocenters. The predicted molar refractivity (Wildman–Crippen MR) is 93.7 cm³/mol. The molecule has 11 N–H and O–H groups in total. The lowest BCUT2D eigenvalue weighted by molar-refractivity contribution is -0.145. The van der Waals surface area contributed by atoms with Crippen molar-refractivity contribution in [2.45, 2.75) is 58.2 Å². The maximum atomic E-state index is 11.6. The van der Waals surface area contributed by atoms with Crippen LogP contribution in [-0.2, 0) is 9.59 Å². The molecule has 1 saturated carbocycles. The molecule has 0 heterocycles. The second-order valence-electron chi connectivity index (χ2n) is 6.17. The lowest BCUT2D eigenvalue weighted by atomic mass is 9.80. The number of hydrogen-bond donors (Lipinski definition) is 5. The van der Waals surface area contributed by atoms with Crippen LogP contribution >= 0.6 is 0 Å². The Morgan fingerprint density at radius 1 is 1.24 bits per heavy atom. The SMILES string of the molecule is CCC(CC)[C@H](NC(C)=O)[C@H]1[C@H](O)[C@@H](C(=O)O)C[C@H]1N=C(N)N.O.O. The van der Waals surface area contributed by atoms with Crippen molar-refractivity contribution in [3.05, 3.63) is 0 Å². The van der Waals surface area contributed by atoms with E-state index in [0.717, 1.165) is 12.8 Å². The van der Waals surface area contributed by atoms with Crippen molar-refractivity contribution in [3.8, 4) is 0 Å². The molecule has 0 spiro atoms. The summed E-state index contributed by atoms with van der Waals surface area (Å²) in [5.41, 5.74) is 10.9. The fourth-order valence-corrected chi connectivity index (χ4v) is 3.64. The largest absolute Gasteiger partial charge is 0.481 e. The average molecular weight is 364 g/mol. The molecule has 0 aromatic rings. The van der Waals surface area contributed by atoms with Crippen molar-refractivity contribution in [3.63, 3.8) is 0 Å². The van der Waals surface area contributed by atoms with Crippen LogP contribution in [0.2, 0.25) is 0 Å². The fraction of sp³-hybridized carbons (Fsp3) is 0.800. The van der Waals surface area contributed by atoms with E-state index in [0.29, 0.717) is 0 Å². The molecule has 25 heavy (non-hydrogen) atoms. The highest BCUT2D eigenvalue weighted by molar-refractivity contribution is 5.76. The first-order valence-corrected chi connectivity index (χ1v) is 7.99. The number of aliphatic carboxylic acids is 1. The van der Waals surface area contributed by atoms with Crippen LogP contribution in [0.15, 0.2) is 4.99 Å². The highest BCUT2D eigenvalue weighted by atomic mass is 16.4. The Labute approximate surface area is 147 Å². The van der Waals surface area contributed by atoms with E-state index in [4.69, 9.17) is 11.5 Å². The van der Waals surface area contributed by atoms with Gasteiger partial charge in [0.1, 0.15) is 0 Å². The van der Waals surface area contributed by atoms with Gasteiger partial charge in [-0.15, -0.1) is 0 Å². The number of rotatable bonds is 7. The minimum atomic E-state index is -1.11. The van der Waals surface area contributed by atoms with Gasteiger partial charge in [-0.1, -0.05) is 26.7 Å². The molecule has 0 radical (unpaired) electrons. The third-order valence-electron chi connectivity index (χ3n) is 4.72. The van der Waals surface area contributed by atoms with Crippen molar-refractivity contribution < 1.29 is 30.8 Å². The van der Waals surface area contributed by atoms with Crippen LogP contribution in [0.1, 0.15) is 40.0 Å². The number of nitrogens with one attached hydrogen (secondary N) is 1. The van der Waals surface area contributed by atoms with Gasteiger partial charge in [0.25, 0.3) is 0 Å². The zero-order valence-corrected chi connectivity index (χ0v) is 14.9. The van der Waals surface area contributed by atoms with E-state index in [-0.39, 0.29) is 41.2 Å². The Kier molecular flexibility index (Phi) is 11.0. The molecular formula is C15H32N4O6. The Bertz CT molecular complexity index is 465. The number of carboxylic acid groups (broad SMARTS) is 1. The molecule has 0 saturated heterocycles. The Morgan fingerprint density at radius 3 is 2.12 bits per heavy atom. The van der Waals surface area contributed by atoms with Gasteiger partial charge in [0.2, 0.25) is 5.91 Å². The van der Waals surface area contributed by atoms with Gasteiger partial charge in [0, 0.05) is 18.9 Å². The van der Waals surface area contributed by atoms with Gasteiger partial charge in [-0.3, -0.25) is 9.59 Å². The fourth-order valence-electron chi connectivity index (χ4n) is 3.64. The summed E-state index contributed by atoms with van der Waals surface area (Å²) in [5, 5.41) is 22.7. The van der Waals surface area contributed by atoms with E-state index in [1.54, 1.807) is 0 Å². The summed E-state index contributed by atoms with van der Waals surface area (Å²) in [6.45, 7) is 5.39. The molecule has 0 aromatic heterocycles. The number of aliphatic imine (C=N–C) groups is 1. The third-order valence-corrected chi connectivity index (χ3v) is 4.72. The van der Waals surface area contributed by atoms with Crippen LogP contribution in [0.3, 0.4) is 0 Å². The molecule has 0 bridgehead atoms. The van der Waals surface area contributed by atoms with E-state index in [1.807, 2.05) is 13.8 Å². The number of carboxylic acids is 1. The number of aliphatic hydroxyl groups is 1.